The Bertz CT molecular complexity index is 188. The molecule has 1 aliphatic heterocycles. The van der Waals surface area contributed by atoms with E-state index < -0.39 is 5.60 Å². The van der Waals surface area contributed by atoms with Crippen LogP contribution in [0.4, 0.5) is 0 Å². The van der Waals surface area contributed by atoms with Crippen molar-refractivity contribution in [2.24, 2.45) is 5.92 Å². The van der Waals surface area contributed by atoms with Crippen LogP contribution in [0, 0.1) is 5.92 Å². The van der Waals surface area contributed by atoms with Crippen molar-refractivity contribution in [2.45, 2.75) is 25.9 Å². The van der Waals surface area contributed by atoms with Gasteiger partial charge in [0.2, 0.25) is 5.91 Å². The number of nitrogens with one attached hydrogen (secondary N) is 1. The van der Waals surface area contributed by atoms with Gasteiger partial charge < -0.3 is 10.4 Å². The fraction of sp³-hybridized carbons (Fsp3) is 0.889. The molecule has 0 saturated carbocycles. The van der Waals surface area contributed by atoms with Crippen molar-refractivity contribution in [3.8, 4) is 0 Å². The number of aliphatic hydroxyl groups is 1. The zero-order valence-electron chi connectivity index (χ0n) is 8.17. The Hall–Kier alpha value is -0.220. The largest absolute Gasteiger partial charge is 0.387 e. The molecule has 0 aromatic rings. The van der Waals surface area contributed by atoms with Crippen LogP contribution in [0.15, 0.2) is 0 Å². The van der Waals surface area contributed by atoms with Gasteiger partial charge in [0.15, 0.2) is 0 Å². The quantitative estimate of drug-likeness (QED) is 0.707. The number of carbonyl (C=O) groups is 1. The maximum Gasteiger partial charge on any atom is 0.222 e. The fourth-order valence-electron chi connectivity index (χ4n) is 1.19. The second-order valence-electron chi connectivity index (χ2n) is 3.90. The zero-order chi connectivity index (χ0) is 9.90. The van der Waals surface area contributed by atoms with E-state index >= 15 is 0 Å². The molecule has 1 aliphatic rings. The summed E-state index contributed by atoms with van der Waals surface area (Å²) in [5, 5.41) is 12.6. The number of hydrogen-bond acceptors (Lipinski definition) is 3. The monoisotopic (exact) mass is 203 g/mol. The molecule has 4 heteroatoms. The van der Waals surface area contributed by atoms with Gasteiger partial charge in [-0.1, -0.05) is 13.8 Å². The molecule has 1 rings (SSSR count). The van der Waals surface area contributed by atoms with Gasteiger partial charge in [-0.05, 0) is 12.2 Å². The molecule has 1 fully saturated rings. The number of rotatable bonds is 3. The van der Waals surface area contributed by atoms with Gasteiger partial charge in [-0.3, -0.25) is 4.79 Å². The van der Waals surface area contributed by atoms with Crippen molar-refractivity contribution in [3.05, 3.63) is 0 Å². The van der Waals surface area contributed by atoms with Crippen LogP contribution in [-0.4, -0.2) is 34.7 Å². The Labute approximate surface area is 83.3 Å². The smallest absolute Gasteiger partial charge is 0.222 e. The summed E-state index contributed by atoms with van der Waals surface area (Å²) >= 11 is 1.74. The highest BCUT2D eigenvalue weighted by atomic mass is 32.2. The molecule has 3 nitrogen and oxygen atoms in total. The minimum absolute atomic E-state index is 0.00217. The summed E-state index contributed by atoms with van der Waals surface area (Å²) in [7, 11) is 0. The Morgan fingerprint density at radius 2 is 2.38 bits per heavy atom. The van der Waals surface area contributed by atoms with E-state index in [1.165, 1.54) is 0 Å². The molecular weight excluding hydrogens is 186 g/mol. The van der Waals surface area contributed by atoms with E-state index in [2.05, 4.69) is 5.32 Å². The van der Waals surface area contributed by atoms with Crippen LogP contribution < -0.4 is 5.32 Å². The highest BCUT2D eigenvalue weighted by molar-refractivity contribution is 7.99. The first-order valence-corrected chi connectivity index (χ1v) is 5.77. The van der Waals surface area contributed by atoms with Crippen molar-refractivity contribution in [1.29, 1.82) is 0 Å². The van der Waals surface area contributed by atoms with Gasteiger partial charge in [0.05, 0.1) is 5.60 Å². The first-order valence-electron chi connectivity index (χ1n) is 4.61. The molecule has 1 unspecified atom stereocenters. The predicted octanol–water partition coefficient (Wildman–Crippen LogP) is 0.627. The lowest BCUT2D eigenvalue weighted by molar-refractivity contribution is -0.125. The second kappa shape index (κ2) is 4.33. The van der Waals surface area contributed by atoms with Crippen LogP contribution in [0.1, 0.15) is 20.3 Å². The van der Waals surface area contributed by atoms with Gasteiger partial charge in [-0.25, -0.2) is 0 Å². The van der Waals surface area contributed by atoms with Crippen molar-refractivity contribution < 1.29 is 9.90 Å². The van der Waals surface area contributed by atoms with Gasteiger partial charge in [0.25, 0.3) is 0 Å². The molecule has 0 aliphatic carbocycles. The Morgan fingerprint density at radius 1 is 1.69 bits per heavy atom. The molecule has 1 atom stereocenters. The van der Waals surface area contributed by atoms with E-state index in [4.69, 9.17) is 0 Å². The SMILES string of the molecule is CC(C)C(=O)NCC1(O)CCSC1. The number of thioether (sulfide) groups is 1. The molecule has 0 bridgehead atoms. The van der Waals surface area contributed by atoms with Crippen molar-refractivity contribution in [1.82, 2.24) is 5.32 Å². The molecule has 76 valence electrons. The van der Waals surface area contributed by atoms with Crippen LogP contribution in [-0.2, 0) is 4.79 Å². The van der Waals surface area contributed by atoms with Gasteiger partial charge in [-0.2, -0.15) is 11.8 Å². The average molecular weight is 203 g/mol. The van der Waals surface area contributed by atoms with Crippen LogP contribution in [0.3, 0.4) is 0 Å². The summed E-state index contributed by atoms with van der Waals surface area (Å²) in [6, 6.07) is 0. The summed E-state index contributed by atoms with van der Waals surface area (Å²) < 4.78 is 0. The Kier molecular flexibility index (Phi) is 3.62. The Balaban J connectivity index is 2.29. The van der Waals surface area contributed by atoms with Gasteiger partial charge in [-0.15, -0.1) is 0 Å². The lowest BCUT2D eigenvalue weighted by Gasteiger charge is -2.22. The predicted molar refractivity (Wildman–Crippen MR) is 54.7 cm³/mol. The van der Waals surface area contributed by atoms with Crippen molar-refractivity contribution >= 4 is 17.7 Å². The lowest BCUT2D eigenvalue weighted by Crippen LogP contribution is -2.44. The third kappa shape index (κ3) is 3.19. The molecule has 0 radical (unpaired) electrons. The minimum atomic E-state index is -0.658. The van der Waals surface area contributed by atoms with Gasteiger partial charge >= 0.3 is 0 Å². The van der Waals surface area contributed by atoms with E-state index in [9.17, 15) is 9.90 Å². The highest BCUT2D eigenvalue weighted by Crippen LogP contribution is 2.26. The van der Waals surface area contributed by atoms with E-state index in [1.54, 1.807) is 11.8 Å². The summed E-state index contributed by atoms with van der Waals surface area (Å²) in [6.07, 6.45) is 0.788. The van der Waals surface area contributed by atoms with Gasteiger partial charge in [0, 0.05) is 18.2 Å². The minimum Gasteiger partial charge on any atom is -0.387 e. The molecule has 13 heavy (non-hydrogen) atoms. The molecule has 1 heterocycles. The van der Waals surface area contributed by atoms with Crippen LogP contribution in [0.2, 0.25) is 0 Å². The molecule has 0 aromatic carbocycles. The van der Waals surface area contributed by atoms with E-state index in [0.717, 1.165) is 17.9 Å². The summed E-state index contributed by atoms with van der Waals surface area (Å²) in [4.78, 5) is 11.2. The summed E-state index contributed by atoms with van der Waals surface area (Å²) in [5.74, 6) is 1.75. The third-order valence-electron chi connectivity index (χ3n) is 2.20. The molecule has 1 amide bonds. The normalized spacial score (nSPS) is 28.0. The fourth-order valence-corrected chi connectivity index (χ4v) is 2.49. The maximum absolute atomic E-state index is 11.2. The number of hydrogen-bond donors (Lipinski definition) is 2. The maximum atomic E-state index is 11.2. The van der Waals surface area contributed by atoms with Crippen molar-refractivity contribution in [3.63, 3.8) is 0 Å². The Morgan fingerprint density at radius 3 is 2.85 bits per heavy atom. The van der Waals surface area contributed by atoms with Crippen LogP contribution in [0.5, 0.6) is 0 Å². The van der Waals surface area contributed by atoms with E-state index in [0.29, 0.717) is 6.54 Å². The molecule has 2 N–H and O–H groups in total. The van der Waals surface area contributed by atoms with Gasteiger partial charge in [0.1, 0.15) is 0 Å². The summed E-state index contributed by atoms with van der Waals surface area (Å²) in [6.45, 7) is 4.10. The molecular formula is C9H17NO2S. The average Bonchev–Trinajstić information content (AvgIpc) is 2.48. The van der Waals surface area contributed by atoms with Crippen LogP contribution >= 0.6 is 11.8 Å². The first kappa shape index (κ1) is 10.9. The molecule has 0 aromatic heterocycles. The first-order chi connectivity index (χ1) is 6.03. The van der Waals surface area contributed by atoms with Crippen molar-refractivity contribution in [2.75, 3.05) is 18.1 Å². The van der Waals surface area contributed by atoms with E-state index in [-0.39, 0.29) is 11.8 Å². The standard InChI is InChI=1S/C9H17NO2S/c1-7(2)8(11)10-5-9(12)3-4-13-6-9/h7,12H,3-6H2,1-2H3,(H,10,11). The number of carbonyl (C=O) groups excluding carboxylic acids is 1. The second-order valence-corrected chi connectivity index (χ2v) is 5.00. The zero-order valence-corrected chi connectivity index (χ0v) is 8.99. The topological polar surface area (TPSA) is 49.3 Å². The number of amides is 1. The molecule has 1 saturated heterocycles. The van der Waals surface area contributed by atoms with Crippen LogP contribution in [0.25, 0.3) is 0 Å². The highest BCUT2D eigenvalue weighted by Gasteiger charge is 2.31. The lowest BCUT2D eigenvalue weighted by atomic mass is 10.0. The molecule has 0 spiro atoms. The third-order valence-corrected chi connectivity index (χ3v) is 3.43. The summed E-state index contributed by atoms with van der Waals surface area (Å²) in [5.41, 5.74) is -0.658. The van der Waals surface area contributed by atoms with E-state index in [1.807, 2.05) is 13.8 Å².